The van der Waals surface area contributed by atoms with Gasteiger partial charge in [-0.25, -0.2) is 9.79 Å². The molecule has 0 unspecified atom stereocenters. The largest absolute Gasteiger partial charge is 0.506 e. The number of ether oxygens (including phenoxy) is 3. The minimum absolute atomic E-state index is 0.117. The van der Waals surface area contributed by atoms with Gasteiger partial charge >= 0.3 is 5.97 Å². The van der Waals surface area contributed by atoms with E-state index in [9.17, 15) is 14.7 Å². The van der Waals surface area contributed by atoms with Gasteiger partial charge in [0.15, 0.2) is 11.5 Å². The smallest absolute Gasteiger partial charge is 0.344 e. The molecule has 3 rings (SSSR count). The molecule has 1 amide bonds. The summed E-state index contributed by atoms with van der Waals surface area (Å²) in [5, 5.41) is 11.6. The zero-order valence-corrected chi connectivity index (χ0v) is 23.8. The Morgan fingerprint density at radius 3 is 2.59 bits per heavy atom. The molecule has 1 aliphatic heterocycles. The van der Waals surface area contributed by atoms with E-state index in [-0.39, 0.29) is 41.9 Å². The Labute approximate surface area is 233 Å². The summed E-state index contributed by atoms with van der Waals surface area (Å²) in [6.45, 7) is 6.20. The highest BCUT2D eigenvalue weighted by atomic mass is 79.9. The van der Waals surface area contributed by atoms with Gasteiger partial charge in [0, 0.05) is 11.4 Å². The van der Waals surface area contributed by atoms with Crippen molar-refractivity contribution in [2.75, 3.05) is 13.2 Å². The van der Waals surface area contributed by atoms with Crippen molar-refractivity contribution in [3.63, 3.8) is 0 Å². The third kappa shape index (κ3) is 7.63. The van der Waals surface area contributed by atoms with Crippen LogP contribution in [-0.4, -0.2) is 35.2 Å². The highest BCUT2D eigenvalue weighted by Crippen LogP contribution is 2.42. The molecule has 1 N–H and O–H groups in total. The van der Waals surface area contributed by atoms with Gasteiger partial charge in [0.2, 0.25) is 5.91 Å². The van der Waals surface area contributed by atoms with E-state index >= 15 is 0 Å². The molecular formula is C27H27BrClNO6S. The Morgan fingerprint density at radius 2 is 1.92 bits per heavy atom. The Balaban J connectivity index is 1.96. The maximum atomic E-state index is 12.5. The lowest BCUT2D eigenvalue weighted by Crippen LogP contribution is -2.14. The summed E-state index contributed by atoms with van der Waals surface area (Å²) in [7, 11) is 0. The predicted octanol–water partition coefficient (Wildman–Crippen LogP) is 7.27. The quantitative estimate of drug-likeness (QED) is 0.284. The van der Waals surface area contributed by atoms with Crippen molar-refractivity contribution >= 4 is 62.3 Å². The summed E-state index contributed by atoms with van der Waals surface area (Å²) >= 11 is 10.7. The molecular weight excluding hydrogens is 582 g/mol. The van der Waals surface area contributed by atoms with Crippen LogP contribution in [0.25, 0.3) is 6.08 Å². The fraction of sp³-hybridized carbons (Fsp3) is 0.296. The van der Waals surface area contributed by atoms with E-state index < -0.39 is 5.97 Å². The normalized spacial score (nSPS) is 15.4. The molecule has 0 saturated carbocycles. The molecule has 37 heavy (non-hydrogen) atoms. The highest BCUT2D eigenvalue weighted by Gasteiger charge is 2.33. The van der Waals surface area contributed by atoms with Gasteiger partial charge in [-0.2, -0.15) is 0 Å². The van der Waals surface area contributed by atoms with Crippen molar-refractivity contribution in [2.24, 2.45) is 4.99 Å². The molecule has 2 aromatic carbocycles. The van der Waals surface area contributed by atoms with Crippen molar-refractivity contribution < 1.29 is 28.9 Å². The lowest BCUT2D eigenvalue weighted by molar-refractivity contribution is -0.138. The maximum Gasteiger partial charge on any atom is 0.344 e. The van der Waals surface area contributed by atoms with Gasteiger partial charge < -0.3 is 19.3 Å². The molecule has 1 heterocycles. The number of benzene rings is 2. The number of rotatable bonds is 10. The van der Waals surface area contributed by atoms with Crippen LogP contribution in [-0.2, 0) is 20.9 Å². The topological polar surface area (TPSA) is 94.4 Å². The van der Waals surface area contributed by atoms with E-state index in [1.807, 2.05) is 32.0 Å². The van der Waals surface area contributed by atoms with Gasteiger partial charge in [-0.3, -0.25) is 4.79 Å². The zero-order valence-electron chi connectivity index (χ0n) is 20.7. The maximum absolute atomic E-state index is 12.5. The zero-order chi connectivity index (χ0) is 26.9. The average molecular weight is 609 g/mol. The van der Waals surface area contributed by atoms with Crippen LogP contribution in [0.15, 0.2) is 62.1 Å². The minimum atomic E-state index is -0.736. The number of carbonyl (C=O) groups is 2. The van der Waals surface area contributed by atoms with Crippen LogP contribution in [0.3, 0.4) is 0 Å². The average Bonchev–Trinajstić information content (AvgIpc) is 3.13. The van der Waals surface area contributed by atoms with Gasteiger partial charge in [-0.15, -0.1) is 0 Å². The minimum Gasteiger partial charge on any atom is -0.506 e. The number of aliphatic hydroxyl groups excluding tert-OH is 1. The third-order valence-electron chi connectivity index (χ3n) is 4.96. The molecule has 1 aliphatic rings. The number of aliphatic hydroxyl groups is 1. The van der Waals surface area contributed by atoms with Crippen molar-refractivity contribution in [3.8, 4) is 11.5 Å². The summed E-state index contributed by atoms with van der Waals surface area (Å²) in [6, 6.07) is 11.0. The summed E-state index contributed by atoms with van der Waals surface area (Å²) < 4.78 is 17.6. The molecule has 0 atom stereocenters. The molecule has 0 aromatic heterocycles. The second-order valence-electron chi connectivity index (χ2n) is 7.80. The molecule has 10 heteroatoms. The van der Waals surface area contributed by atoms with Crippen molar-refractivity contribution in [3.05, 3.63) is 73.3 Å². The number of hydrogen-bond acceptors (Lipinski definition) is 7. The Bertz CT molecular complexity index is 1270. The van der Waals surface area contributed by atoms with Crippen LogP contribution in [0.4, 0.5) is 0 Å². The number of halogens is 2. The molecule has 2 aromatic rings. The second-order valence-corrected chi connectivity index (χ2v) is 10.1. The molecule has 0 spiro atoms. The van der Waals surface area contributed by atoms with Gasteiger partial charge in [-0.05, 0) is 77.7 Å². The molecule has 0 bridgehead atoms. The summed E-state index contributed by atoms with van der Waals surface area (Å²) in [4.78, 5) is 29.1. The summed E-state index contributed by atoms with van der Waals surface area (Å²) in [5.74, 6) is -0.387. The van der Waals surface area contributed by atoms with E-state index in [1.165, 1.54) is 0 Å². The number of hydrogen-bond donors (Lipinski definition) is 1. The van der Waals surface area contributed by atoms with Crippen LogP contribution in [0.1, 0.15) is 44.7 Å². The first-order valence-electron chi connectivity index (χ1n) is 11.7. The first-order valence-corrected chi connectivity index (χ1v) is 13.7. The first-order chi connectivity index (χ1) is 17.8. The molecule has 196 valence electrons. The van der Waals surface area contributed by atoms with E-state index in [4.69, 9.17) is 25.8 Å². The van der Waals surface area contributed by atoms with Gasteiger partial charge in [0.25, 0.3) is 0 Å². The van der Waals surface area contributed by atoms with E-state index in [2.05, 4.69) is 20.9 Å². The summed E-state index contributed by atoms with van der Waals surface area (Å²) in [6.07, 6.45) is 2.54. The Hall–Kier alpha value is -2.75. The second kappa shape index (κ2) is 13.7. The van der Waals surface area contributed by atoms with E-state index in [0.717, 1.165) is 17.3 Å². The Kier molecular flexibility index (Phi) is 10.7. The molecule has 0 radical (unpaired) electrons. The number of esters is 1. The fourth-order valence-corrected chi connectivity index (χ4v) is 5.20. The van der Waals surface area contributed by atoms with Crippen LogP contribution in [0.5, 0.6) is 11.5 Å². The lowest BCUT2D eigenvalue weighted by Gasteiger charge is -2.15. The number of aliphatic imine (C=N–C) groups is 1. The van der Waals surface area contributed by atoms with Crippen LogP contribution in [0, 0.1) is 0 Å². The number of nitrogens with zero attached hydrogens (tertiary/aromatic N) is 1. The fourth-order valence-electron chi connectivity index (χ4n) is 3.38. The van der Waals surface area contributed by atoms with Crippen LogP contribution < -0.4 is 9.47 Å². The van der Waals surface area contributed by atoms with Crippen molar-refractivity contribution in [2.45, 2.75) is 40.2 Å². The summed E-state index contributed by atoms with van der Waals surface area (Å²) in [5.41, 5.74) is 1.46. The standard InChI is InChI=1S/C27H27BrClNO6S/c1-4-8-22(31)30-26-23(27(33)35-6-3)24(32)21(37-26)14-17-12-19(28)25(20(13-17)34-5-2)36-15-16-9-7-10-18(29)11-16/h7,9-14,32H,4-6,8,15H2,1-3H3/b21-14-,30-26?. The van der Waals surface area contributed by atoms with Crippen molar-refractivity contribution in [1.82, 2.24) is 0 Å². The Morgan fingerprint density at radius 1 is 1.14 bits per heavy atom. The van der Waals surface area contributed by atoms with Gasteiger partial charge in [0.1, 0.15) is 23.0 Å². The monoisotopic (exact) mass is 607 g/mol. The van der Waals surface area contributed by atoms with Crippen molar-refractivity contribution in [1.29, 1.82) is 0 Å². The number of amides is 1. The predicted molar refractivity (Wildman–Crippen MR) is 150 cm³/mol. The number of carbonyl (C=O) groups excluding carboxylic acids is 2. The number of thioether (sulfide) groups is 1. The highest BCUT2D eigenvalue weighted by molar-refractivity contribution is 9.10. The van der Waals surface area contributed by atoms with Crippen LogP contribution in [0.2, 0.25) is 5.02 Å². The molecule has 0 saturated heterocycles. The SMILES string of the molecule is CCCC(=O)N=C1S/C(=C\c2cc(Br)c(OCc3cccc(Cl)c3)c(OCC)c2)C(O)=C1C(=O)OCC. The molecule has 0 fully saturated rings. The van der Waals surface area contributed by atoms with Crippen LogP contribution >= 0.6 is 39.3 Å². The van der Waals surface area contributed by atoms with E-state index in [1.54, 1.807) is 31.2 Å². The van der Waals surface area contributed by atoms with Gasteiger partial charge in [-0.1, -0.05) is 42.4 Å². The molecule has 0 aliphatic carbocycles. The lowest BCUT2D eigenvalue weighted by atomic mass is 10.1. The third-order valence-corrected chi connectivity index (χ3v) is 6.81. The van der Waals surface area contributed by atoms with Gasteiger partial charge in [0.05, 0.1) is 22.6 Å². The molecule has 7 nitrogen and oxygen atoms in total. The first kappa shape index (κ1) is 28.8. The van der Waals surface area contributed by atoms with E-state index in [0.29, 0.717) is 44.5 Å².